The molecule has 26 heavy (non-hydrogen) atoms. The lowest BCUT2D eigenvalue weighted by Gasteiger charge is -2.32. The van der Waals surface area contributed by atoms with Crippen LogP contribution in [0.4, 0.5) is 0 Å². The van der Waals surface area contributed by atoms with Crippen LogP contribution < -0.4 is 0 Å². The van der Waals surface area contributed by atoms with E-state index in [-0.39, 0.29) is 22.9 Å². The number of hydrogen-bond acceptors (Lipinski definition) is 2. The van der Waals surface area contributed by atoms with E-state index < -0.39 is 5.41 Å². The molecule has 1 spiro atoms. The van der Waals surface area contributed by atoms with E-state index in [0.717, 1.165) is 51.4 Å². The fourth-order valence-corrected chi connectivity index (χ4v) is 5.99. The average molecular weight is 484 g/mol. The van der Waals surface area contributed by atoms with Crippen LogP contribution in [0.1, 0.15) is 72.1 Å². The first-order chi connectivity index (χ1) is 12.3. The smallest absolute Gasteiger partial charge is 0.211 e. The third-order valence-corrected chi connectivity index (χ3v) is 7.00. The fourth-order valence-electron chi connectivity index (χ4n) is 4.39. The molecule has 2 aliphatic carbocycles. The zero-order chi connectivity index (χ0) is 19.4. The molecule has 0 aliphatic heterocycles. The molecule has 2 aliphatic rings. The average Bonchev–Trinajstić information content (AvgIpc) is 2.86. The van der Waals surface area contributed by atoms with Crippen molar-refractivity contribution in [1.82, 2.24) is 0 Å². The van der Waals surface area contributed by atoms with Crippen LogP contribution in [0.3, 0.4) is 0 Å². The highest BCUT2D eigenvalue weighted by atomic mass is 79.9. The van der Waals surface area contributed by atoms with Crippen molar-refractivity contribution in [2.75, 3.05) is 0 Å². The molecule has 0 bridgehead atoms. The Balaban J connectivity index is 2.35. The van der Waals surface area contributed by atoms with Crippen LogP contribution >= 0.6 is 31.9 Å². The number of halogens is 2. The SMILES string of the molecule is CCCCC#CC(=O)[C@]1(CCCC)CC2(C=C(Br)C(=O)C(Br)=C2)C[C@@H]1C. The summed E-state index contributed by atoms with van der Waals surface area (Å²) in [7, 11) is 0. The third kappa shape index (κ3) is 4.42. The van der Waals surface area contributed by atoms with Crippen LogP contribution in [0.2, 0.25) is 0 Å². The van der Waals surface area contributed by atoms with E-state index in [1.54, 1.807) is 0 Å². The van der Waals surface area contributed by atoms with Crippen molar-refractivity contribution in [3.05, 3.63) is 21.1 Å². The minimum atomic E-state index is -0.414. The Morgan fingerprint density at radius 1 is 1.19 bits per heavy atom. The summed E-state index contributed by atoms with van der Waals surface area (Å²) in [6.45, 7) is 6.47. The van der Waals surface area contributed by atoms with E-state index in [9.17, 15) is 9.59 Å². The summed E-state index contributed by atoms with van der Waals surface area (Å²) in [4.78, 5) is 25.3. The molecule has 0 amide bonds. The van der Waals surface area contributed by atoms with Gasteiger partial charge in [-0.25, -0.2) is 0 Å². The van der Waals surface area contributed by atoms with E-state index in [4.69, 9.17) is 0 Å². The Morgan fingerprint density at radius 3 is 2.38 bits per heavy atom. The Morgan fingerprint density at radius 2 is 1.81 bits per heavy atom. The monoisotopic (exact) mass is 482 g/mol. The van der Waals surface area contributed by atoms with Gasteiger partial charge >= 0.3 is 0 Å². The third-order valence-electron chi connectivity index (χ3n) is 5.82. The second-order valence-electron chi connectivity index (χ2n) is 7.82. The van der Waals surface area contributed by atoms with Gasteiger partial charge in [0.05, 0.1) is 8.96 Å². The minimum Gasteiger partial charge on any atom is -0.287 e. The Labute approximate surface area is 174 Å². The van der Waals surface area contributed by atoms with Crippen molar-refractivity contribution in [3.8, 4) is 11.8 Å². The van der Waals surface area contributed by atoms with Crippen LogP contribution in [0, 0.1) is 28.6 Å². The van der Waals surface area contributed by atoms with Gasteiger partial charge < -0.3 is 0 Å². The Hall–Kier alpha value is -0.660. The highest BCUT2D eigenvalue weighted by molar-refractivity contribution is 9.13. The van der Waals surface area contributed by atoms with Gasteiger partial charge in [0.1, 0.15) is 0 Å². The number of carbonyl (C=O) groups excluding carboxylic acids is 2. The van der Waals surface area contributed by atoms with Crippen LogP contribution in [0.15, 0.2) is 21.1 Å². The largest absolute Gasteiger partial charge is 0.287 e. The predicted molar refractivity (Wildman–Crippen MR) is 114 cm³/mol. The van der Waals surface area contributed by atoms with Crippen LogP contribution in [0.5, 0.6) is 0 Å². The molecule has 2 rings (SSSR count). The number of allylic oxidation sites excluding steroid dienone is 4. The summed E-state index contributed by atoms with van der Waals surface area (Å²) < 4.78 is 1.18. The first kappa shape index (κ1) is 21.6. The summed E-state index contributed by atoms with van der Waals surface area (Å²) in [6, 6.07) is 0. The van der Waals surface area contributed by atoms with Crippen LogP contribution in [-0.4, -0.2) is 11.6 Å². The van der Waals surface area contributed by atoms with E-state index in [2.05, 4.69) is 64.5 Å². The number of carbonyl (C=O) groups is 2. The van der Waals surface area contributed by atoms with E-state index >= 15 is 0 Å². The summed E-state index contributed by atoms with van der Waals surface area (Å²) >= 11 is 6.83. The molecule has 0 aromatic carbocycles. The molecular formula is C22H28Br2O2. The van der Waals surface area contributed by atoms with Crippen molar-refractivity contribution in [1.29, 1.82) is 0 Å². The van der Waals surface area contributed by atoms with Crippen molar-refractivity contribution < 1.29 is 9.59 Å². The van der Waals surface area contributed by atoms with Crippen LogP contribution in [0.25, 0.3) is 0 Å². The molecule has 0 N–H and O–H groups in total. The molecule has 0 heterocycles. The fraction of sp³-hybridized carbons (Fsp3) is 0.636. The normalized spacial score (nSPS) is 27.0. The maximum absolute atomic E-state index is 13.2. The summed E-state index contributed by atoms with van der Waals surface area (Å²) in [5, 5.41) is 0. The molecule has 2 atom stereocenters. The summed E-state index contributed by atoms with van der Waals surface area (Å²) in [5.41, 5.74) is -0.664. The summed E-state index contributed by atoms with van der Waals surface area (Å²) in [5.74, 6) is 6.38. The van der Waals surface area contributed by atoms with Gasteiger partial charge in [-0.3, -0.25) is 9.59 Å². The first-order valence-electron chi connectivity index (χ1n) is 9.65. The molecule has 1 fully saturated rings. The molecule has 1 saturated carbocycles. The topological polar surface area (TPSA) is 34.1 Å². The van der Waals surface area contributed by atoms with Crippen molar-refractivity contribution >= 4 is 43.4 Å². The lowest BCUT2D eigenvalue weighted by atomic mass is 9.70. The number of unbranched alkanes of at least 4 members (excludes halogenated alkanes) is 3. The summed E-state index contributed by atoms with van der Waals surface area (Å²) in [6.07, 6.45) is 11.5. The number of rotatable bonds is 6. The van der Waals surface area contributed by atoms with E-state index in [1.165, 1.54) is 0 Å². The highest BCUT2D eigenvalue weighted by Gasteiger charge is 2.55. The lowest BCUT2D eigenvalue weighted by molar-refractivity contribution is -0.125. The van der Waals surface area contributed by atoms with Gasteiger partial charge in [-0.15, -0.1) is 0 Å². The zero-order valence-corrected chi connectivity index (χ0v) is 19.1. The highest BCUT2D eigenvalue weighted by Crippen LogP contribution is 2.59. The second kappa shape index (κ2) is 9.02. The van der Waals surface area contributed by atoms with E-state index in [1.807, 2.05) is 12.2 Å². The lowest BCUT2D eigenvalue weighted by Crippen LogP contribution is -2.34. The second-order valence-corrected chi connectivity index (χ2v) is 9.53. The van der Waals surface area contributed by atoms with Crippen LogP contribution in [-0.2, 0) is 9.59 Å². The molecule has 0 aromatic rings. The quantitative estimate of drug-likeness (QED) is 0.246. The first-order valence-corrected chi connectivity index (χ1v) is 11.2. The molecule has 2 nitrogen and oxygen atoms in total. The van der Waals surface area contributed by atoms with Gasteiger partial charge in [-0.2, -0.15) is 0 Å². The van der Waals surface area contributed by atoms with Gasteiger partial charge in [0.15, 0.2) is 0 Å². The molecule has 4 heteroatoms. The zero-order valence-electron chi connectivity index (χ0n) is 16.0. The Kier molecular flexibility index (Phi) is 7.51. The van der Waals surface area contributed by atoms with Gasteiger partial charge in [0.2, 0.25) is 11.6 Å². The molecule has 0 unspecified atom stereocenters. The maximum atomic E-state index is 13.2. The molecular weight excluding hydrogens is 456 g/mol. The molecule has 0 radical (unpaired) electrons. The van der Waals surface area contributed by atoms with Gasteiger partial charge in [0, 0.05) is 17.3 Å². The van der Waals surface area contributed by atoms with Gasteiger partial charge in [0.25, 0.3) is 0 Å². The van der Waals surface area contributed by atoms with Gasteiger partial charge in [-0.1, -0.05) is 58.1 Å². The molecule has 0 saturated heterocycles. The minimum absolute atomic E-state index is 0.0278. The van der Waals surface area contributed by atoms with E-state index in [0.29, 0.717) is 8.96 Å². The molecule has 0 aromatic heterocycles. The van der Waals surface area contributed by atoms with Gasteiger partial charge in [-0.05, 0) is 69.4 Å². The Bertz CT molecular complexity index is 671. The predicted octanol–water partition coefficient (Wildman–Crippen LogP) is 6.48. The van der Waals surface area contributed by atoms with Crippen molar-refractivity contribution in [2.24, 2.45) is 16.7 Å². The van der Waals surface area contributed by atoms with Crippen molar-refractivity contribution in [3.63, 3.8) is 0 Å². The van der Waals surface area contributed by atoms with Crippen molar-refractivity contribution in [2.45, 2.75) is 72.1 Å². The number of hydrogen-bond donors (Lipinski definition) is 0. The maximum Gasteiger partial charge on any atom is 0.211 e. The molecule has 142 valence electrons. The number of Topliss-reactive ketones (excluding diaryl/α,β-unsaturated/α-hetero) is 2. The number of ketones is 2. The standard InChI is InChI=1S/C22H28Br2O2/c1-4-6-8-9-10-19(25)22(11-7-5-2)15-21(12-16(22)3)13-17(23)20(26)18(24)14-21/h13-14,16H,4-8,11-12,15H2,1-3H3/t16-,22+/m0/s1.